The van der Waals surface area contributed by atoms with Crippen LogP contribution < -0.4 is 0 Å². The second-order valence-electron chi connectivity index (χ2n) is 4.17. The van der Waals surface area contributed by atoms with Gasteiger partial charge in [0.05, 0.1) is 9.64 Å². The third kappa shape index (κ3) is 2.45. The van der Waals surface area contributed by atoms with Crippen LogP contribution in [0, 0.1) is 0 Å². The van der Waals surface area contributed by atoms with Crippen molar-refractivity contribution in [3.05, 3.63) is 27.1 Å². The molecule has 0 radical (unpaired) electrons. The van der Waals surface area contributed by atoms with Gasteiger partial charge in [-0.3, -0.25) is 0 Å². The molecule has 5 heteroatoms. The topological polar surface area (TPSA) is 34.1 Å². The largest absolute Gasteiger partial charge is 0.223 e. The first-order valence-corrected chi connectivity index (χ1v) is 7.43. The summed E-state index contributed by atoms with van der Waals surface area (Å²) in [6, 6.07) is 5.24. The predicted molar refractivity (Wildman–Crippen MR) is 68.8 cm³/mol. The number of benzene rings is 1. The Bertz CT molecular complexity index is 452. The van der Waals surface area contributed by atoms with E-state index in [1.807, 2.05) is 0 Å². The van der Waals surface area contributed by atoms with Gasteiger partial charge in [0.25, 0.3) is 0 Å². The van der Waals surface area contributed by atoms with E-state index < -0.39 is 14.6 Å². The van der Waals surface area contributed by atoms with Crippen LogP contribution in [0.5, 0.6) is 0 Å². The molecule has 0 spiro atoms. The van der Waals surface area contributed by atoms with Crippen molar-refractivity contribution in [1.82, 2.24) is 0 Å². The zero-order valence-corrected chi connectivity index (χ0v) is 12.7. The summed E-state index contributed by atoms with van der Waals surface area (Å²) in [6.07, 6.45) is 0. The molecule has 84 valence electrons. The Morgan fingerprint density at radius 2 is 1.47 bits per heavy atom. The van der Waals surface area contributed by atoms with E-state index in [0.29, 0.717) is 13.8 Å². The maximum Gasteiger partial charge on any atom is 0.185 e. The van der Waals surface area contributed by atoms with Crippen LogP contribution in [-0.4, -0.2) is 13.2 Å². The highest BCUT2D eigenvalue weighted by atomic mass is 79.9. The lowest BCUT2D eigenvalue weighted by Gasteiger charge is -2.21. The van der Waals surface area contributed by atoms with Crippen LogP contribution in [0.3, 0.4) is 0 Å². The van der Waals surface area contributed by atoms with Gasteiger partial charge < -0.3 is 0 Å². The average molecular weight is 356 g/mol. The van der Waals surface area contributed by atoms with Crippen molar-refractivity contribution in [2.45, 2.75) is 30.4 Å². The number of sulfone groups is 1. The Labute approximate surface area is 107 Å². The van der Waals surface area contributed by atoms with Crippen LogP contribution in [-0.2, 0) is 9.84 Å². The predicted octanol–water partition coefficient (Wildman–Crippen LogP) is 3.78. The highest BCUT2D eigenvalue weighted by Gasteiger charge is 2.33. The van der Waals surface area contributed by atoms with Crippen LogP contribution in [0.2, 0.25) is 0 Å². The van der Waals surface area contributed by atoms with E-state index in [-0.39, 0.29) is 0 Å². The number of halogens is 2. The lowest BCUT2D eigenvalue weighted by molar-refractivity contribution is 0.559. The summed E-state index contributed by atoms with van der Waals surface area (Å²) in [5.41, 5.74) is 0. The molecule has 0 aromatic heterocycles. The van der Waals surface area contributed by atoms with E-state index in [1.165, 1.54) is 0 Å². The Morgan fingerprint density at radius 3 is 1.80 bits per heavy atom. The Balaban J connectivity index is 3.55. The lowest BCUT2D eigenvalue weighted by Crippen LogP contribution is -2.28. The van der Waals surface area contributed by atoms with Gasteiger partial charge in [0.1, 0.15) is 0 Å². The molecule has 0 saturated heterocycles. The SMILES string of the molecule is CC(C)(C)S(=O)(=O)c1c(Br)cccc1Br. The van der Waals surface area contributed by atoms with Crippen molar-refractivity contribution in [3.63, 3.8) is 0 Å². The van der Waals surface area contributed by atoms with Gasteiger partial charge in [-0.1, -0.05) is 6.07 Å². The van der Waals surface area contributed by atoms with E-state index in [1.54, 1.807) is 39.0 Å². The zero-order valence-electron chi connectivity index (χ0n) is 8.71. The van der Waals surface area contributed by atoms with Gasteiger partial charge in [-0.15, -0.1) is 0 Å². The monoisotopic (exact) mass is 354 g/mol. The first-order valence-electron chi connectivity index (χ1n) is 4.36. The van der Waals surface area contributed by atoms with Crippen molar-refractivity contribution in [2.24, 2.45) is 0 Å². The molecule has 0 bridgehead atoms. The van der Waals surface area contributed by atoms with Gasteiger partial charge in [-0.25, -0.2) is 8.42 Å². The second-order valence-corrected chi connectivity index (χ2v) is 8.52. The third-order valence-corrected chi connectivity index (χ3v) is 6.43. The fraction of sp³-hybridized carbons (Fsp3) is 0.400. The molecule has 2 nitrogen and oxygen atoms in total. The summed E-state index contributed by atoms with van der Waals surface area (Å²) in [4.78, 5) is 0.317. The first kappa shape index (κ1) is 13.2. The second kappa shape index (κ2) is 4.18. The molecule has 0 aliphatic heterocycles. The van der Waals surface area contributed by atoms with Crippen LogP contribution >= 0.6 is 31.9 Å². The van der Waals surface area contributed by atoms with E-state index in [9.17, 15) is 8.42 Å². The summed E-state index contributed by atoms with van der Waals surface area (Å²) in [5.74, 6) is 0. The maximum absolute atomic E-state index is 12.2. The third-order valence-electron chi connectivity index (χ3n) is 1.99. The molecule has 15 heavy (non-hydrogen) atoms. The quantitative estimate of drug-likeness (QED) is 0.768. The van der Waals surface area contributed by atoms with Crippen molar-refractivity contribution in [3.8, 4) is 0 Å². The molecule has 0 N–H and O–H groups in total. The van der Waals surface area contributed by atoms with E-state index in [4.69, 9.17) is 0 Å². The first-order chi connectivity index (χ1) is 6.68. The van der Waals surface area contributed by atoms with Crippen LogP contribution in [0.15, 0.2) is 32.0 Å². The molecule has 1 aromatic rings. The minimum absolute atomic E-state index is 0.317. The summed E-state index contributed by atoms with van der Waals surface area (Å²) >= 11 is 6.53. The van der Waals surface area contributed by atoms with Gasteiger partial charge in [0, 0.05) is 8.95 Å². The standard InChI is InChI=1S/C10H12Br2O2S/c1-10(2,3)15(13,14)9-7(11)5-4-6-8(9)12/h4-6H,1-3H3. The Hall–Kier alpha value is 0.130. The molecule has 1 rings (SSSR count). The zero-order chi connectivity index (χ0) is 11.9. The van der Waals surface area contributed by atoms with Crippen LogP contribution in [0.4, 0.5) is 0 Å². The lowest BCUT2D eigenvalue weighted by atomic mass is 10.3. The van der Waals surface area contributed by atoms with Gasteiger partial charge in [-0.05, 0) is 64.8 Å². The molecule has 0 heterocycles. The van der Waals surface area contributed by atoms with E-state index in [0.717, 1.165) is 0 Å². The van der Waals surface area contributed by atoms with E-state index >= 15 is 0 Å². The normalized spacial score (nSPS) is 12.9. The van der Waals surface area contributed by atoms with Crippen molar-refractivity contribution in [2.75, 3.05) is 0 Å². The van der Waals surface area contributed by atoms with Gasteiger partial charge in [0.15, 0.2) is 9.84 Å². The number of hydrogen-bond acceptors (Lipinski definition) is 2. The fourth-order valence-electron chi connectivity index (χ4n) is 1.05. The highest BCUT2D eigenvalue weighted by molar-refractivity contribution is 9.11. The number of rotatable bonds is 1. The minimum Gasteiger partial charge on any atom is -0.223 e. The van der Waals surface area contributed by atoms with Gasteiger partial charge >= 0.3 is 0 Å². The Kier molecular flexibility index (Phi) is 3.68. The molecule has 0 aliphatic carbocycles. The van der Waals surface area contributed by atoms with Crippen molar-refractivity contribution >= 4 is 41.7 Å². The summed E-state index contributed by atoms with van der Waals surface area (Å²) < 4.78 is 24.8. The van der Waals surface area contributed by atoms with E-state index in [2.05, 4.69) is 31.9 Å². The molecular formula is C10H12Br2O2S. The molecule has 0 unspecified atom stereocenters. The smallest absolute Gasteiger partial charge is 0.185 e. The average Bonchev–Trinajstić information content (AvgIpc) is 2.00. The highest BCUT2D eigenvalue weighted by Crippen LogP contribution is 2.35. The summed E-state index contributed by atoms with van der Waals surface area (Å²) in [5, 5.41) is 0. The summed E-state index contributed by atoms with van der Waals surface area (Å²) in [6.45, 7) is 5.07. The fourth-order valence-corrected chi connectivity index (χ4v) is 4.58. The molecule has 0 amide bonds. The maximum atomic E-state index is 12.2. The number of hydrogen-bond donors (Lipinski definition) is 0. The van der Waals surface area contributed by atoms with Crippen LogP contribution in [0.25, 0.3) is 0 Å². The Morgan fingerprint density at radius 1 is 1.07 bits per heavy atom. The van der Waals surface area contributed by atoms with Gasteiger partial charge in [-0.2, -0.15) is 0 Å². The molecular weight excluding hydrogens is 344 g/mol. The van der Waals surface area contributed by atoms with Crippen molar-refractivity contribution < 1.29 is 8.42 Å². The van der Waals surface area contributed by atoms with Gasteiger partial charge in [0.2, 0.25) is 0 Å². The minimum atomic E-state index is -3.33. The molecule has 0 atom stereocenters. The molecule has 0 fully saturated rings. The molecule has 0 saturated carbocycles. The molecule has 0 aliphatic rings. The summed E-state index contributed by atoms with van der Waals surface area (Å²) in [7, 11) is -3.33. The van der Waals surface area contributed by atoms with Crippen molar-refractivity contribution in [1.29, 1.82) is 0 Å². The van der Waals surface area contributed by atoms with Crippen LogP contribution in [0.1, 0.15) is 20.8 Å². The molecule has 1 aromatic carbocycles.